The molecule has 0 spiro atoms. The second kappa shape index (κ2) is 7.30. The Bertz CT molecular complexity index is 634. The minimum Gasteiger partial charge on any atom is -0.458 e. The van der Waals surface area contributed by atoms with Crippen molar-refractivity contribution in [3.63, 3.8) is 0 Å². The highest BCUT2D eigenvalue weighted by Gasteiger charge is 2.20. The molecule has 0 N–H and O–H groups in total. The Labute approximate surface area is 136 Å². The summed E-state index contributed by atoms with van der Waals surface area (Å²) in [6, 6.07) is 6.62. The Morgan fingerprint density at radius 2 is 2.00 bits per heavy atom. The minimum absolute atomic E-state index is 0.122. The van der Waals surface area contributed by atoms with E-state index in [0.717, 1.165) is 28.9 Å². The lowest BCUT2D eigenvalue weighted by atomic mass is 10.0. The molecule has 0 aliphatic carbocycles. The quantitative estimate of drug-likeness (QED) is 0.620. The fourth-order valence-electron chi connectivity index (χ4n) is 2.53. The fraction of sp³-hybridized carbons (Fsp3) is 0.444. The smallest absolute Gasteiger partial charge is 0.135 e. The number of aryl methyl sites for hydroxylation is 1. The van der Waals surface area contributed by atoms with Gasteiger partial charge in [0.05, 0.1) is 5.38 Å². The summed E-state index contributed by atoms with van der Waals surface area (Å²) < 4.78 is 24.4. The first-order chi connectivity index (χ1) is 10.4. The molecular formula is C18H22ClFO2. The van der Waals surface area contributed by atoms with Crippen molar-refractivity contribution in [2.45, 2.75) is 39.2 Å². The molecule has 0 aliphatic rings. The third-order valence-electron chi connectivity index (χ3n) is 3.59. The predicted octanol–water partition coefficient (Wildman–Crippen LogP) is 5.87. The van der Waals surface area contributed by atoms with Gasteiger partial charge < -0.3 is 9.15 Å². The number of furan rings is 1. The zero-order valence-electron chi connectivity index (χ0n) is 13.5. The number of hydrogen-bond donors (Lipinski definition) is 0. The van der Waals surface area contributed by atoms with Crippen molar-refractivity contribution in [1.82, 2.24) is 0 Å². The van der Waals surface area contributed by atoms with E-state index in [4.69, 9.17) is 20.8 Å². The summed E-state index contributed by atoms with van der Waals surface area (Å²) in [5.41, 5.74) is 2.66. The van der Waals surface area contributed by atoms with Crippen LogP contribution in [-0.4, -0.2) is 7.11 Å². The maximum Gasteiger partial charge on any atom is 0.135 e. The van der Waals surface area contributed by atoms with E-state index >= 15 is 0 Å². The van der Waals surface area contributed by atoms with Crippen LogP contribution in [0.4, 0.5) is 4.39 Å². The van der Waals surface area contributed by atoms with Gasteiger partial charge in [0.25, 0.3) is 0 Å². The van der Waals surface area contributed by atoms with E-state index in [1.807, 2.05) is 13.0 Å². The lowest BCUT2D eigenvalue weighted by Gasteiger charge is -2.11. The number of alkyl halides is 1. The van der Waals surface area contributed by atoms with Gasteiger partial charge in [0.1, 0.15) is 23.9 Å². The van der Waals surface area contributed by atoms with E-state index in [9.17, 15) is 4.39 Å². The van der Waals surface area contributed by atoms with Crippen LogP contribution in [0.1, 0.15) is 42.5 Å². The number of methoxy groups -OCH3 is 1. The van der Waals surface area contributed by atoms with Crippen LogP contribution < -0.4 is 0 Å². The zero-order valence-corrected chi connectivity index (χ0v) is 14.2. The summed E-state index contributed by atoms with van der Waals surface area (Å²) in [5, 5.41) is -0.122. The van der Waals surface area contributed by atoms with Gasteiger partial charge >= 0.3 is 0 Å². The van der Waals surface area contributed by atoms with Crippen LogP contribution in [0.3, 0.4) is 0 Å². The van der Waals surface area contributed by atoms with E-state index in [-0.39, 0.29) is 11.2 Å². The van der Waals surface area contributed by atoms with Crippen LogP contribution in [0.5, 0.6) is 0 Å². The maximum atomic E-state index is 13.3. The summed E-state index contributed by atoms with van der Waals surface area (Å²) in [5.74, 6) is 1.68. The van der Waals surface area contributed by atoms with Crippen LogP contribution in [0, 0.1) is 18.7 Å². The normalized spacial score (nSPS) is 12.9. The average molecular weight is 325 g/mol. The van der Waals surface area contributed by atoms with Crippen molar-refractivity contribution in [3.8, 4) is 11.3 Å². The van der Waals surface area contributed by atoms with E-state index in [1.165, 1.54) is 12.1 Å². The molecule has 1 unspecified atom stereocenters. The van der Waals surface area contributed by atoms with Crippen molar-refractivity contribution < 1.29 is 13.5 Å². The van der Waals surface area contributed by atoms with Crippen LogP contribution >= 0.6 is 11.6 Å². The number of hydrogen-bond acceptors (Lipinski definition) is 2. The molecule has 1 atom stereocenters. The van der Waals surface area contributed by atoms with Crippen LogP contribution in [0.2, 0.25) is 0 Å². The number of rotatable bonds is 6. The van der Waals surface area contributed by atoms with E-state index in [2.05, 4.69) is 13.8 Å². The number of ether oxygens (including phenoxy) is 1. The number of benzene rings is 1. The first-order valence-corrected chi connectivity index (χ1v) is 7.88. The van der Waals surface area contributed by atoms with Crippen molar-refractivity contribution in [1.29, 1.82) is 0 Å². The minimum atomic E-state index is -0.250. The van der Waals surface area contributed by atoms with E-state index < -0.39 is 0 Å². The molecule has 0 saturated carbocycles. The molecular weight excluding hydrogens is 303 g/mol. The largest absolute Gasteiger partial charge is 0.458 e. The molecule has 0 fully saturated rings. The Morgan fingerprint density at radius 3 is 2.59 bits per heavy atom. The van der Waals surface area contributed by atoms with Crippen molar-refractivity contribution in [3.05, 3.63) is 47.0 Å². The average Bonchev–Trinajstić information content (AvgIpc) is 2.82. The third-order valence-corrected chi connectivity index (χ3v) is 4.00. The van der Waals surface area contributed by atoms with Crippen LogP contribution in [0.15, 0.2) is 28.7 Å². The first kappa shape index (κ1) is 17.0. The van der Waals surface area contributed by atoms with Crippen molar-refractivity contribution >= 4 is 11.6 Å². The van der Waals surface area contributed by atoms with Gasteiger partial charge in [-0.25, -0.2) is 4.39 Å². The molecule has 0 bridgehead atoms. The lowest BCUT2D eigenvalue weighted by Crippen LogP contribution is -1.99. The van der Waals surface area contributed by atoms with Gasteiger partial charge in [-0.1, -0.05) is 13.8 Å². The highest BCUT2D eigenvalue weighted by Crippen LogP contribution is 2.37. The molecule has 1 heterocycles. The predicted molar refractivity (Wildman–Crippen MR) is 87.6 cm³/mol. The second-order valence-electron chi connectivity index (χ2n) is 5.98. The standard InChI is InChI=1S/C18H22ClFO2/c1-11(2)7-16(19)15-9-17(22-18(15)10-21-4)14-6-5-13(20)8-12(14)3/h5-6,8-9,11,16H,7,10H2,1-4H3. The molecule has 120 valence electrons. The van der Waals surface area contributed by atoms with Crippen LogP contribution in [-0.2, 0) is 11.3 Å². The second-order valence-corrected chi connectivity index (χ2v) is 6.51. The SMILES string of the molecule is COCc1oc(-c2ccc(F)cc2C)cc1C(Cl)CC(C)C. The molecule has 2 rings (SSSR count). The first-order valence-electron chi connectivity index (χ1n) is 7.44. The summed E-state index contributed by atoms with van der Waals surface area (Å²) in [4.78, 5) is 0. The summed E-state index contributed by atoms with van der Waals surface area (Å²) >= 11 is 6.53. The summed E-state index contributed by atoms with van der Waals surface area (Å²) in [7, 11) is 1.63. The molecule has 0 saturated heterocycles. The van der Waals surface area contributed by atoms with Gasteiger partial charge in [0, 0.05) is 18.2 Å². The molecule has 0 aliphatic heterocycles. The van der Waals surface area contributed by atoms with Crippen molar-refractivity contribution in [2.24, 2.45) is 5.92 Å². The van der Waals surface area contributed by atoms with Gasteiger partial charge in [0.2, 0.25) is 0 Å². The van der Waals surface area contributed by atoms with E-state index in [0.29, 0.717) is 18.3 Å². The Kier molecular flexibility index (Phi) is 5.65. The summed E-state index contributed by atoms with van der Waals surface area (Å²) in [6.45, 7) is 6.51. The Balaban J connectivity index is 2.41. The van der Waals surface area contributed by atoms with E-state index in [1.54, 1.807) is 13.2 Å². The highest BCUT2D eigenvalue weighted by molar-refractivity contribution is 6.20. The molecule has 0 radical (unpaired) electrons. The Morgan fingerprint density at radius 1 is 1.27 bits per heavy atom. The zero-order chi connectivity index (χ0) is 16.3. The fourth-order valence-corrected chi connectivity index (χ4v) is 3.07. The van der Waals surface area contributed by atoms with Gasteiger partial charge in [-0.2, -0.15) is 0 Å². The lowest BCUT2D eigenvalue weighted by molar-refractivity contribution is 0.164. The number of halogens is 2. The van der Waals surface area contributed by atoms with Gasteiger partial charge in [-0.05, 0) is 49.1 Å². The topological polar surface area (TPSA) is 22.4 Å². The van der Waals surface area contributed by atoms with Gasteiger partial charge in [0.15, 0.2) is 0 Å². The maximum absolute atomic E-state index is 13.3. The molecule has 2 nitrogen and oxygen atoms in total. The van der Waals surface area contributed by atoms with Gasteiger partial charge in [-0.3, -0.25) is 0 Å². The molecule has 2 aromatic rings. The third kappa shape index (κ3) is 3.90. The van der Waals surface area contributed by atoms with Crippen LogP contribution in [0.25, 0.3) is 11.3 Å². The highest BCUT2D eigenvalue weighted by atomic mass is 35.5. The monoisotopic (exact) mass is 324 g/mol. The molecule has 1 aromatic heterocycles. The van der Waals surface area contributed by atoms with Gasteiger partial charge in [-0.15, -0.1) is 11.6 Å². The Hall–Kier alpha value is -1.32. The molecule has 0 amide bonds. The molecule has 22 heavy (non-hydrogen) atoms. The van der Waals surface area contributed by atoms with Crippen molar-refractivity contribution in [2.75, 3.05) is 7.11 Å². The summed E-state index contributed by atoms with van der Waals surface area (Å²) in [6.07, 6.45) is 0.861. The molecule has 1 aromatic carbocycles. The molecule has 4 heteroatoms.